The molecule has 164 valence electrons. The van der Waals surface area contributed by atoms with Gasteiger partial charge in [0.1, 0.15) is 11.8 Å². The summed E-state index contributed by atoms with van der Waals surface area (Å²) in [4.78, 5) is 17.1. The average molecular weight is 425 g/mol. The van der Waals surface area contributed by atoms with Crippen LogP contribution in [0.15, 0.2) is 36.4 Å². The molecule has 1 aliphatic rings. The van der Waals surface area contributed by atoms with Gasteiger partial charge in [-0.25, -0.2) is 0 Å². The lowest BCUT2D eigenvalue weighted by Gasteiger charge is -2.41. The van der Waals surface area contributed by atoms with Crippen molar-refractivity contribution in [2.75, 3.05) is 57.7 Å². The molecule has 0 spiro atoms. The minimum absolute atomic E-state index is 0.172. The molecule has 0 aromatic heterocycles. The molecule has 0 saturated carbocycles. The molecule has 3 rings (SSSR count). The first kappa shape index (κ1) is 22.2. The van der Waals surface area contributed by atoms with E-state index in [-0.39, 0.29) is 18.5 Å². The van der Waals surface area contributed by atoms with Crippen LogP contribution < -0.4 is 24.4 Å². The first-order chi connectivity index (χ1) is 15.0. The number of rotatable bonds is 7. The highest BCUT2D eigenvalue weighted by atomic mass is 16.5. The number of nitrogens with zero attached hydrogens (tertiary/aromatic N) is 3. The van der Waals surface area contributed by atoms with E-state index < -0.39 is 0 Å². The van der Waals surface area contributed by atoms with Crippen LogP contribution >= 0.6 is 0 Å². The van der Waals surface area contributed by atoms with Crippen LogP contribution in [0, 0.1) is 11.3 Å². The van der Waals surface area contributed by atoms with Gasteiger partial charge in [-0.2, -0.15) is 5.26 Å². The Kier molecular flexibility index (Phi) is 7.21. The molecular formula is C23H28N4O4. The summed E-state index contributed by atoms with van der Waals surface area (Å²) in [7, 11) is 4.67. The van der Waals surface area contributed by atoms with Gasteiger partial charge in [0.2, 0.25) is 5.91 Å². The fourth-order valence-electron chi connectivity index (χ4n) is 3.80. The number of amides is 1. The first-order valence-electron chi connectivity index (χ1n) is 10.1. The van der Waals surface area contributed by atoms with Crippen molar-refractivity contribution in [2.45, 2.75) is 13.0 Å². The van der Waals surface area contributed by atoms with Gasteiger partial charge in [0.25, 0.3) is 0 Å². The highest BCUT2D eigenvalue weighted by Crippen LogP contribution is 2.33. The summed E-state index contributed by atoms with van der Waals surface area (Å²) in [6.07, 6.45) is 0. The van der Waals surface area contributed by atoms with Crippen molar-refractivity contribution in [3.63, 3.8) is 0 Å². The molecule has 2 aromatic carbocycles. The molecule has 1 amide bonds. The van der Waals surface area contributed by atoms with E-state index in [2.05, 4.69) is 40.2 Å². The van der Waals surface area contributed by atoms with E-state index in [9.17, 15) is 10.1 Å². The zero-order chi connectivity index (χ0) is 22.4. The Morgan fingerprint density at radius 3 is 2.35 bits per heavy atom. The van der Waals surface area contributed by atoms with Crippen LogP contribution in [0.25, 0.3) is 0 Å². The number of ether oxygens (including phenoxy) is 3. The van der Waals surface area contributed by atoms with Crippen LogP contribution in [0.3, 0.4) is 0 Å². The summed E-state index contributed by atoms with van der Waals surface area (Å²) in [5.41, 5.74) is 1.88. The highest BCUT2D eigenvalue weighted by Gasteiger charge is 2.25. The summed E-state index contributed by atoms with van der Waals surface area (Å²) >= 11 is 0. The molecule has 2 aromatic rings. The minimum atomic E-state index is -0.172. The molecule has 8 nitrogen and oxygen atoms in total. The van der Waals surface area contributed by atoms with Crippen LogP contribution in [0.5, 0.6) is 17.2 Å². The molecule has 1 fully saturated rings. The number of hydrogen-bond donors (Lipinski definition) is 1. The van der Waals surface area contributed by atoms with Gasteiger partial charge in [-0.15, -0.1) is 0 Å². The topological polar surface area (TPSA) is 87.1 Å². The molecule has 1 saturated heterocycles. The third-order valence-corrected chi connectivity index (χ3v) is 5.40. The standard InChI is InChI=1S/C23H28N4O4/c1-16-14-26(9-10-27(16)18-5-7-19(29-2)8-6-18)15-23(28)25-20-12-22(31-4)21(30-3)11-17(20)13-24/h5-8,11-12,16H,9-10,14-15H2,1-4H3,(H,25,28). The smallest absolute Gasteiger partial charge is 0.238 e. The Bertz CT molecular complexity index is 955. The van der Waals surface area contributed by atoms with Crippen molar-refractivity contribution in [1.82, 2.24) is 4.90 Å². The second-order valence-electron chi connectivity index (χ2n) is 7.39. The molecule has 1 N–H and O–H groups in total. The number of hydrogen-bond acceptors (Lipinski definition) is 7. The Balaban J connectivity index is 1.61. The largest absolute Gasteiger partial charge is 0.497 e. The number of nitriles is 1. The highest BCUT2D eigenvalue weighted by molar-refractivity contribution is 5.94. The van der Waals surface area contributed by atoms with Crippen molar-refractivity contribution < 1.29 is 19.0 Å². The molecule has 1 atom stereocenters. The first-order valence-corrected chi connectivity index (χ1v) is 10.1. The predicted molar refractivity (Wildman–Crippen MR) is 119 cm³/mol. The van der Waals surface area contributed by atoms with Gasteiger partial charge in [0.15, 0.2) is 11.5 Å². The normalized spacial score (nSPS) is 16.4. The molecule has 0 radical (unpaired) electrons. The van der Waals surface area contributed by atoms with Crippen molar-refractivity contribution >= 4 is 17.3 Å². The lowest BCUT2D eigenvalue weighted by molar-refractivity contribution is -0.117. The maximum Gasteiger partial charge on any atom is 0.238 e. The van der Waals surface area contributed by atoms with Crippen LogP contribution in [0.1, 0.15) is 12.5 Å². The van der Waals surface area contributed by atoms with Gasteiger partial charge in [0.05, 0.1) is 39.1 Å². The third-order valence-electron chi connectivity index (χ3n) is 5.40. The molecule has 0 aliphatic carbocycles. The van der Waals surface area contributed by atoms with Crippen LogP contribution in [0.4, 0.5) is 11.4 Å². The second kappa shape index (κ2) is 10.0. The number of nitrogens with one attached hydrogen (secondary N) is 1. The second-order valence-corrected chi connectivity index (χ2v) is 7.39. The molecule has 0 bridgehead atoms. The number of carbonyl (C=O) groups excluding carboxylic acids is 1. The molecule has 1 heterocycles. The van der Waals surface area contributed by atoms with Crippen molar-refractivity contribution in [3.05, 3.63) is 42.0 Å². The van der Waals surface area contributed by atoms with Crippen LogP contribution in [-0.2, 0) is 4.79 Å². The van der Waals surface area contributed by atoms with E-state index in [1.165, 1.54) is 14.2 Å². The molecule has 1 unspecified atom stereocenters. The Hall–Kier alpha value is -3.44. The van der Waals surface area contributed by atoms with Gasteiger partial charge in [-0.05, 0) is 31.2 Å². The van der Waals surface area contributed by atoms with Gasteiger partial charge in [-0.3, -0.25) is 9.69 Å². The van der Waals surface area contributed by atoms with Gasteiger partial charge >= 0.3 is 0 Å². The van der Waals surface area contributed by atoms with E-state index >= 15 is 0 Å². The fourth-order valence-corrected chi connectivity index (χ4v) is 3.80. The zero-order valence-corrected chi connectivity index (χ0v) is 18.3. The summed E-state index contributed by atoms with van der Waals surface area (Å²) in [5.74, 6) is 1.56. The summed E-state index contributed by atoms with van der Waals surface area (Å²) in [6, 6.07) is 13.5. The van der Waals surface area contributed by atoms with E-state index in [1.54, 1.807) is 19.2 Å². The maximum atomic E-state index is 12.7. The fraction of sp³-hybridized carbons (Fsp3) is 0.391. The van der Waals surface area contributed by atoms with E-state index in [1.807, 2.05) is 12.1 Å². The lowest BCUT2D eigenvalue weighted by Crippen LogP contribution is -2.53. The average Bonchev–Trinajstić information content (AvgIpc) is 2.79. The quantitative estimate of drug-likeness (QED) is 0.731. The Morgan fingerprint density at radius 1 is 1.10 bits per heavy atom. The third kappa shape index (κ3) is 5.19. The summed E-state index contributed by atoms with van der Waals surface area (Å²) in [6.45, 7) is 4.74. The maximum absolute atomic E-state index is 12.7. The predicted octanol–water partition coefficient (Wildman–Crippen LogP) is 2.73. The van der Waals surface area contributed by atoms with Gasteiger partial charge < -0.3 is 24.4 Å². The Labute approximate surface area is 182 Å². The van der Waals surface area contributed by atoms with E-state index in [4.69, 9.17) is 14.2 Å². The van der Waals surface area contributed by atoms with Crippen molar-refractivity contribution in [3.8, 4) is 23.3 Å². The number of methoxy groups -OCH3 is 3. The van der Waals surface area contributed by atoms with Gasteiger partial charge in [-0.1, -0.05) is 0 Å². The number of piperazine rings is 1. The SMILES string of the molecule is COc1ccc(N2CCN(CC(=O)Nc3cc(OC)c(OC)cc3C#N)CC2C)cc1. The van der Waals surface area contributed by atoms with Crippen molar-refractivity contribution in [2.24, 2.45) is 0 Å². The van der Waals surface area contributed by atoms with Crippen molar-refractivity contribution in [1.29, 1.82) is 5.26 Å². The molecule has 8 heteroatoms. The lowest BCUT2D eigenvalue weighted by atomic mass is 10.1. The molecule has 1 aliphatic heterocycles. The van der Waals surface area contributed by atoms with Crippen LogP contribution in [0.2, 0.25) is 0 Å². The number of benzene rings is 2. The molecule has 31 heavy (non-hydrogen) atoms. The number of carbonyl (C=O) groups is 1. The van der Waals surface area contributed by atoms with Crippen LogP contribution in [-0.4, -0.2) is 64.4 Å². The van der Waals surface area contributed by atoms with E-state index in [0.29, 0.717) is 22.7 Å². The minimum Gasteiger partial charge on any atom is -0.497 e. The van der Waals surface area contributed by atoms with Gasteiger partial charge in [0, 0.05) is 43.5 Å². The zero-order valence-electron chi connectivity index (χ0n) is 18.3. The molecular weight excluding hydrogens is 396 g/mol. The van der Waals surface area contributed by atoms with E-state index in [0.717, 1.165) is 31.1 Å². The number of anilines is 2. The Morgan fingerprint density at radius 2 is 1.77 bits per heavy atom. The summed E-state index contributed by atoms with van der Waals surface area (Å²) < 4.78 is 15.7. The summed E-state index contributed by atoms with van der Waals surface area (Å²) in [5, 5.41) is 12.3. The monoisotopic (exact) mass is 424 g/mol.